The monoisotopic (exact) mass is 289 g/mol. The largest absolute Gasteiger partial charge is 0.481 e. The van der Waals surface area contributed by atoms with Gasteiger partial charge in [-0.25, -0.2) is 0 Å². The van der Waals surface area contributed by atoms with Crippen LogP contribution in [0.25, 0.3) is 0 Å². The Kier molecular flexibility index (Phi) is 3.85. The van der Waals surface area contributed by atoms with Crippen molar-refractivity contribution in [1.82, 2.24) is 0 Å². The number of carbonyl (C=O) groups is 3. The second kappa shape index (κ2) is 5.31. The van der Waals surface area contributed by atoms with E-state index in [0.717, 1.165) is 11.3 Å². The van der Waals surface area contributed by atoms with E-state index < -0.39 is 11.4 Å². The summed E-state index contributed by atoms with van der Waals surface area (Å²) in [6.07, 6.45) is 0.429. The number of hydrogen-bond acceptors (Lipinski definition) is 3. The van der Waals surface area contributed by atoms with Crippen molar-refractivity contribution in [3.8, 4) is 0 Å². The number of likely N-dealkylation sites (N-methyl/N-ethyl adjacent to an activating group) is 1. The van der Waals surface area contributed by atoms with Crippen LogP contribution in [0, 0.1) is 5.41 Å². The minimum Gasteiger partial charge on any atom is -0.481 e. The van der Waals surface area contributed by atoms with Gasteiger partial charge in [0.1, 0.15) is 0 Å². The molecule has 1 aromatic carbocycles. The number of anilines is 1. The molecule has 112 valence electrons. The molecule has 0 fully saturated rings. The highest BCUT2D eigenvalue weighted by Gasteiger charge is 2.28. The van der Waals surface area contributed by atoms with Gasteiger partial charge in [-0.3, -0.25) is 14.4 Å². The quantitative estimate of drug-likeness (QED) is 0.844. The highest BCUT2D eigenvalue weighted by Crippen LogP contribution is 2.31. The van der Waals surface area contributed by atoms with E-state index in [1.165, 1.54) is 0 Å². The smallest absolute Gasteiger partial charge is 0.303 e. The summed E-state index contributed by atoms with van der Waals surface area (Å²) >= 11 is 0. The number of rotatable bonds is 5. The van der Waals surface area contributed by atoms with Crippen molar-refractivity contribution in [1.29, 1.82) is 0 Å². The van der Waals surface area contributed by atoms with Crippen LogP contribution in [0.3, 0.4) is 0 Å². The molecule has 1 amide bonds. The number of nitrogens with zero attached hydrogens (tertiary/aromatic N) is 1. The molecule has 0 atom stereocenters. The lowest BCUT2D eigenvalue weighted by molar-refractivity contribution is -0.139. The van der Waals surface area contributed by atoms with Gasteiger partial charge in [0.25, 0.3) is 0 Å². The topological polar surface area (TPSA) is 74.7 Å². The molecule has 0 unspecified atom stereocenters. The summed E-state index contributed by atoms with van der Waals surface area (Å²) in [4.78, 5) is 36.3. The van der Waals surface area contributed by atoms with Crippen LogP contribution >= 0.6 is 0 Å². The molecule has 0 aromatic heterocycles. The normalized spacial score (nSPS) is 14.2. The van der Waals surface area contributed by atoms with Crippen molar-refractivity contribution in [3.63, 3.8) is 0 Å². The van der Waals surface area contributed by atoms with Gasteiger partial charge in [0.05, 0.1) is 12.8 Å². The van der Waals surface area contributed by atoms with Gasteiger partial charge in [0.15, 0.2) is 5.78 Å². The van der Waals surface area contributed by atoms with Crippen molar-refractivity contribution in [2.24, 2.45) is 5.41 Å². The summed E-state index contributed by atoms with van der Waals surface area (Å²) in [6.45, 7) is 3.54. The lowest BCUT2D eigenvalue weighted by atomic mass is 9.82. The number of fused-ring (bicyclic) bond motifs is 1. The number of carboxylic acid groups (broad SMARTS) is 1. The molecule has 0 saturated heterocycles. The first kappa shape index (κ1) is 15.2. The van der Waals surface area contributed by atoms with E-state index >= 15 is 0 Å². The molecule has 5 nitrogen and oxygen atoms in total. The average Bonchev–Trinajstić information content (AvgIpc) is 2.62. The zero-order valence-electron chi connectivity index (χ0n) is 12.5. The molecule has 0 saturated carbocycles. The summed E-state index contributed by atoms with van der Waals surface area (Å²) in [6, 6.07) is 5.22. The highest BCUT2D eigenvalue weighted by atomic mass is 16.4. The number of carboxylic acids is 1. The van der Waals surface area contributed by atoms with Gasteiger partial charge in [0.2, 0.25) is 5.91 Å². The van der Waals surface area contributed by atoms with Crippen LogP contribution in [-0.2, 0) is 16.0 Å². The highest BCUT2D eigenvalue weighted by molar-refractivity contribution is 6.03. The molecular formula is C16H19NO4. The van der Waals surface area contributed by atoms with Crippen LogP contribution in [0.5, 0.6) is 0 Å². The van der Waals surface area contributed by atoms with Gasteiger partial charge in [-0.2, -0.15) is 0 Å². The molecule has 5 heteroatoms. The minimum absolute atomic E-state index is 0.0146. The molecule has 1 N–H and O–H groups in total. The summed E-state index contributed by atoms with van der Waals surface area (Å²) in [5.74, 6) is -0.985. The Morgan fingerprint density at radius 3 is 2.57 bits per heavy atom. The predicted molar refractivity (Wildman–Crippen MR) is 78.5 cm³/mol. The standard InChI is InChI=1S/C16H19NO4/c1-16(2,9-15(20)21)8-13(18)10-4-5-12-11(6-10)7-14(19)17(12)3/h4-6H,7-9H2,1-3H3,(H,20,21). The number of hydrogen-bond donors (Lipinski definition) is 1. The van der Waals surface area contributed by atoms with Gasteiger partial charge in [0, 0.05) is 24.7 Å². The molecule has 21 heavy (non-hydrogen) atoms. The number of Topliss-reactive ketones (excluding diaryl/α,β-unsaturated/α-hetero) is 1. The zero-order chi connectivity index (χ0) is 15.8. The zero-order valence-corrected chi connectivity index (χ0v) is 12.5. The first-order valence-corrected chi connectivity index (χ1v) is 6.84. The fourth-order valence-electron chi connectivity index (χ4n) is 2.65. The van der Waals surface area contributed by atoms with Crippen molar-refractivity contribution in [2.45, 2.75) is 33.1 Å². The first-order valence-electron chi connectivity index (χ1n) is 6.84. The first-order chi connectivity index (χ1) is 9.69. The van der Waals surface area contributed by atoms with E-state index in [-0.39, 0.29) is 24.5 Å². The summed E-state index contributed by atoms with van der Waals surface area (Å²) in [5.41, 5.74) is 1.63. The van der Waals surface area contributed by atoms with E-state index in [0.29, 0.717) is 12.0 Å². The van der Waals surface area contributed by atoms with Crippen LogP contribution in [0.1, 0.15) is 42.6 Å². The average molecular weight is 289 g/mol. The van der Waals surface area contributed by atoms with Gasteiger partial charge in [-0.15, -0.1) is 0 Å². The molecule has 0 aliphatic carbocycles. The fraction of sp³-hybridized carbons (Fsp3) is 0.438. The Morgan fingerprint density at radius 2 is 1.95 bits per heavy atom. The molecular weight excluding hydrogens is 270 g/mol. The Hall–Kier alpha value is -2.17. The van der Waals surface area contributed by atoms with Crippen LogP contribution in [0.2, 0.25) is 0 Å². The maximum atomic E-state index is 12.3. The van der Waals surface area contributed by atoms with Gasteiger partial charge in [-0.05, 0) is 29.2 Å². The third-order valence-corrected chi connectivity index (χ3v) is 3.75. The van der Waals surface area contributed by atoms with E-state index in [1.807, 2.05) is 0 Å². The molecule has 0 radical (unpaired) electrons. The predicted octanol–water partition coefficient (Wildman–Crippen LogP) is 2.28. The van der Waals surface area contributed by atoms with E-state index in [2.05, 4.69) is 0 Å². The summed E-state index contributed by atoms with van der Waals surface area (Å²) < 4.78 is 0. The maximum absolute atomic E-state index is 12.3. The Morgan fingerprint density at radius 1 is 1.29 bits per heavy atom. The molecule has 0 spiro atoms. The molecule has 1 aliphatic rings. The number of benzene rings is 1. The fourth-order valence-corrected chi connectivity index (χ4v) is 2.65. The van der Waals surface area contributed by atoms with E-state index in [9.17, 15) is 14.4 Å². The molecule has 2 rings (SSSR count). The van der Waals surface area contributed by atoms with Crippen LogP contribution < -0.4 is 4.90 Å². The number of aliphatic carboxylic acids is 1. The Balaban J connectivity index is 2.17. The van der Waals surface area contributed by atoms with Gasteiger partial charge in [-0.1, -0.05) is 13.8 Å². The lowest BCUT2D eigenvalue weighted by Crippen LogP contribution is -2.21. The number of amides is 1. The van der Waals surface area contributed by atoms with Crippen molar-refractivity contribution in [2.75, 3.05) is 11.9 Å². The second-order valence-electron chi connectivity index (χ2n) is 6.31. The SMILES string of the molecule is CN1C(=O)Cc2cc(C(=O)CC(C)(C)CC(=O)O)ccc21. The second-order valence-corrected chi connectivity index (χ2v) is 6.31. The van der Waals surface area contributed by atoms with Crippen molar-refractivity contribution >= 4 is 23.3 Å². The lowest BCUT2D eigenvalue weighted by Gasteiger charge is -2.21. The number of ketones is 1. The van der Waals surface area contributed by atoms with Crippen LogP contribution in [-0.4, -0.2) is 29.8 Å². The van der Waals surface area contributed by atoms with Crippen molar-refractivity contribution < 1.29 is 19.5 Å². The minimum atomic E-state index is -0.908. The van der Waals surface area contributed by atoms with Crippen LogP contribution in [0.15, 0.2) is 18.2 Å². The van der Waals surface area contributed by atoms with Gasteiger partial charge >= 0.3 is 5.97 Å². The molecule has 1 aromatic rings. The third kappa shape index (κ3) is 3.29. The van der Waals surface area contributed by atoms with Gasteiger partial charge < -0.3 is 10.0 Å². The molecule has 1 heterocycles. The van der Waals surface area contributed by atoms with E-state index in [4.69, 9.17) is 5.11 Å². The Labute approximate surface area is 123 Å². The third-order valence-electron chi connectivity index (χ3n) is 3.75. The summed E-state index contributed by atoms with van der Waals surface area (Å²) in [7, 11) is 1.71. The molecule has 1 aliphatic heterocycles. The maximum Gasteiger partial charge on any atom is 0.303 e. The molecule has 0 bridgehead atoms. The van der Waals surface area contributed by atoms with Crippen molar-refractivity contribution in [3.05, 3.63) is 29.3 Å². The summed E-state index contributed by atoms with van der Waals surface area (Å²) in [5, 5.41) is 8.86. The Bertz CT molecular complexity index is 619. The van der Waals surface area contributed by atoms with E-state index in [1.54, 1.807) is 44.0 Å². The van der Waals surface area contributed by atoms with Crippen LogP contribution in [0.4, 0.5) is 5.69 Å². The number of carbonyl (C=O) groups excluding carboxylic acids is 2.